The van der Waals surface area contributed by atoms with E-state index in [1.54, 1.807) is 4.57 Å². The van der Waals surface area contributed by atoms with Crippen molar-refractivity contribution in [2.45, 2.75) is 46.1 Å². The van der Waals surface area contributed by atoms with Crippen LogP contribution in [0.15, 0.2) is 95.9 Å². The number of hydrogen-bond acceptors (Lipinski definition) is 8. The highest BCUT2D eigenvalue weighted by Crippen LogP contribution is 2.30. The molecule has 0 radical (unpaired) electrons. The minimum atomic E-state index is -0.607. The molecule has 0 bridgehead atoms. The first-order valence-corrected chi connectivity index (χ1v) is 15.1. The molecule has 0 unspecified atom stereocenters. The Morgan fingerprint density at radius 1 is 0.841 bits per heavy atom. The van der Waals surface area contributed by atoms with E-state index in [-0.39, 0.29) is 12.0 Å². The van der Waals surface area contributed by atoms with E-state index in [1.807, 2.05) is 79.7 Å². The highest BCUT2D eigenvalue weighted by atomic mass is 79.9. The molecule has 3 aromatic carbocycles. The van der Waals surface area contributed by atoms with Crippen molar-refractivity contribution in [2.24, 2.45) is 0 Å². The third kappa shape index (κ3) is 6.37. The van der Waals surface area contributed by atoms with Gasteiger partial charge in [0.15, 0.2) is 11.6 Å². The van der Waals surface area contributed by atoms with E-state index in [2.05, 4.69) is 43.1 Å². The highest BCUT2D eigenvalue weighted by molar-refractivity contribution is 9.10. The van der Waals surface area contributed by atoms with E-state index in [0.717, 1.165) is 44.5 Å². The molecule has 6 aromatic rings. The average molecular weight is 654 g/mol. The van der Waals surface area contributed by atoms with E-state index in [1.165, 1.54) is 0 Å². The monoisotopic (exact) mass is 652 g/mol. The lowest BCUT2D eigenvalue weighted by molar-refractivity contribution is 0.379. The van der Waals surface area contributed by atoms with Gasteiger partial charge in [-0.15, -0.1) is 0 Å². The maximum atomic E-state index is 13.9. The first kappa shape index (κ1) is 29.2. The van der Waals surface area contributed by atoms with Crippen molar-refractivity contribution in [1.82, 2.24) is 29.8 Å². The molecule has 0 saturated carbocycles. The van der Waals surface area contributed by atoms with Gasteiger partial charge in [0.1, 0.15) is 5.82 Å². The lowest BCUT2D eigenvalue weighted by atomic mass is 9.98. The Balaban J connectivity index is 1.26. The molecule has 1 N–H and O–H groups in total. The Morgan fingerprint density at radius 3 is 2.27 bits per heavy atom. The van der Waals surface area contributed by atoms with Gasteiger partial charge in [0.05, 0.1) is 13.0 Å². The Morgan fingerprint density at radius 2 is 1.57 bits per heavy atom. The summed E-state index contributed by atoms with van der Waals surface area (Å²) >= 11 is 3.45. The molecular weight excluding hydrogens is 624 g/mol. The van der Waals surface area contributed by atoms with Crippen LogP contribution in [0, 0.1) is 6.92 Å². The molecule has 6 rings (SSSR count). The van der Waals surface area contributed by atoms with Crippen LogP contribution < -0.4 is 11.3 Å². The fourth-order valence-electron chi connectivity index (χ4n) is 5.17. The minimum absolute atomic E-state index is 0.113. The summed E-state index contributed by atoms with van der Waals surface area (Å²) in [6.45, 7) is 4.29. The Hall–Kier alpha value is -4.90. The van der Waals surface area contributed by atoms with Crippen LogP contribution in [0.4, 0.5) is 0 Å². The zero-order valence-corrected chi connectivity index (χ0v) is 25.8. The zero-order chi connectivity index (χ0) is 30.6. The molecule has 0 aliphatic rings. The Bertz CT molecular complexity index is 2020. The molecule has 44 heavy (non-hydrogen) atoms. The molecule has 0 aliphatic heterocycles. The summed E-state index contributed by atoms with van der Waals surface area (Å²) in [6.07, 6.45) is 2.27. The SMILES string of the molecule is CCCc1nc(C)c(Cc2nc(Cc3ccc(Br)cc3)no2)c(=O)n1Cc1ccc(-c2ccccc2-c2noc(=O)[nH]2)cc1. The lowest BCUT2D eigenvalue weighted by Gasteiger charge is -2.16. The molecule has 10 nitrogen and oxygen atoms in total. The van der Waals surface area contributed by atoms with E-state index in [9.17, 15) is 9.59 Å². The van der Waals surface area contributed by atoms with Gasteiger partial charge >= 0.3 is 5.76 Å². The fourth-order valence-corrected chi connectivity index (χ4v) is 5.43. The first-order valence-electron chi connectivity index (χ1n) is 14.3. The molecule has 11 heteroatoms. The van der Waals surface area contributed by atoms with Crippen molar-refractivity contribution in [2.75, 3.05) is 0 Å². The molecule has 3 aromatic heterocycles. The Kier molecular flexibility index (Phi) is 8.47. The van der Waals surface area contributed by atoms with Crippen molar-refractivity contribution in [3.8, 4) is 22.5 Å². The molecule has 222 valence electrons. The summed E-state index contributed by atoms with van der Waals surface area (Å²) in [7, 11) is 0. The average Bonchev–Trinajstić information content (AvgIpc) is 3.67. The molecule has 0 amide bonds. The first-order chi connectivity index (χ1) is 21.4. The summed E-state index contributed by atoms with van der Waals surface area (Å²) in [6, 6.07) is 23.6. The van der Waals surface area contributed by atoms with Crippen LogP contribution >= 0.6 is 15.9 Å². The minimum Gasteiger partial charge on any atom is -0.339 e. The van der Waals surface area contributed by atoms with Gasteiger partial charge in [-0.25, -0.2) is 9.78 Å². The van der Waals surface area contributed by atoms with E-state index < -0.39 is 5.76 Å². The van der Waals surface area contributed by atoms with E-state index >= 15 is 0 Å². The van der Waals surface area contributed by atoms with Crippen molar-refractivity contribution in [3.05, 3.63) is 138 Å². The van der Waals surface area contributed by atoms with Crippen molar-refractivity contribution in [1.29, 1.82) is 0 Å². The highest BCUT2D eigenvalue weighted by Gasteiger charge is 2.18. The van der Waals surface area contributed by atoms with Crippen LogP contribution in [0.1, 0.15) is 53.3 Å². The molecule has 0 atom stereocenters. The maximum absolute atomic E-state index is 13.9. The fraction of sp³-hybridized carbons (Fsp3) is 0.212. The predicted octanol–water partition coefficient (Wildman–Crippen LogP) is 5.89. The van der Waals surface area contributed by atoms with Crippen LogP contribution in [-0.4, -0.2) is 29.8 Å². The van der Waals surface area contributed by atoms with Gasteiger partial charge in [0.25, 0.3) is 5.56 Å². The smallest absolute Gasteiger partial charge is 0.339 e. The van der Waals surface area contributed by atoms with Gasteiger partial charge in [-0.1, -0.05) is 93.8 Å². The number of hydrogen-bond donors (Lipinski definition) is 1. The number of aromatic amines is 1. The van der Waals surface area contributed by atoms with Crippen LogP contribution in [-0.2, 0) is 25.8 Å². The number of benzene rings is 3. The summed E-state index contributed by atoms with van der Waals surface area (Å²) in [5, 5.41) is 7.98. The largest absolute Gasteiger partial charge is 0.439 e. The second-order valence-electron chi connectivity index (χ2n) is 10.5. The van der Waals surface area contributed by atoms with Gasteiger partial charge in [-0.05, 0) is 47.7 Å². The molecule has 3 heterocycles. The molecule has 0 fully saturated rings. The van der Waals surface area contributed by atoms with Crippen molar-refractivity contribution < 1.29 is 9.05 Å². The number of aromatic nitrogens is 6. The summed E-state index contributed by atoms with van der Waals surface area (Å²) in [5.74, 6) is 1.44. The van der Waals surface area contributed by atoms with Gasteiger partial charge < -0.3 is 4.52 Å². The van der Waals surface area contributed by atoms with E-state index in [0.29, 0.717) is 48.2 Å². The molecule has 0 aliphatic carbocycles. The van der Waals surface area contributed by atoms with Crippen molar-refractivity contribution in [3.63, 3.8) is 0 Å². The quantitative estimate of drug-likeness (QED) is 0.194. The van der Waals surface area contributed by atoms with Gasteiger partial charge in [-0.3, -0.25) is 18.9 Å². The van der Waals surface area contributed by atoms with Crippen LogP contribution in [0.2, 0.25) is 0 Å². The topological polar surface area (TPSA) is 133 Å². The summed E-state index contributed by atoms with van der Waals surface area (Å²) < 4.78 is 13.0. The molecule has 0 spiro atoms. The number of nitrogens with one attached hydrogen (secondary N) is 1. The van der Waals surface area contributed by atoms with Crippen LogP contribution in [0.25, 0.3) is 22.5 Å². The summed E-state index contributed by atoms with van der Waals surface area (Å²) in [5.41, 5.74) is 5.69. The van der Waals surface area contributed by atoms with Crippen LogP contribution in [0.5, 0.6) is 0 Å². The van der Waals surface area contributed by atoms with Gasteiger partial charge in [0.2, 0.25) is 5.89 Å². The number of rotatable bonds is 10. The Labute approximate surface area is 260 Å². The zero-order valence-electron chi connectivity index (χ0n) is 24.2. The van der Waals surface area contributed by atoms with Crippen molar-refractivity contribution >= 4 is 15.9 Å². The van der Waals surface area contributed by atoms with Crippen LogP contribution in [0.3, 0.4) is 0 Å². The molecular formula is C33H29BrN6O4. The molecule has 0 saturated heterocycles. The third-order valence-electron chi connectivity index (χ3n) is 7.36. The third-order valence-corrected chi connectivity index (χ3v) is 7.89. The van der Waals surface area contributed by atoms with Gasteiger partial charge in [0, 0.05) is 34.1 Å². The number of aryl methyl sites for hydroxylation is 2. The second-order valence-corrected chi connectivity index (χ2v) is 11.4. The second kappa shape index (κ2) is 12.8. The predicted molar refractivity (Wildman–Crippen MR) is 168 cm³/mol. The standard InChI is InChI=1S/C33H29BrN6O4/c1-3-6-29-35-20(2)27(18-30-36-28(38-43-30)17-21-11-15-24(34)16-12-21)32(41)40(29)19-22-9-13-23(14-10-22)25-7-4-5-8-26(25)31-37-33(42)44-39-31/h4-5,7-16H,3,6,17-19H2,1-2H3,(H,37,39,42). The normalized spacial score (nSPS) is 11.2. The summed E-state index contributed by atoms with van der Waals surface area (Å²) in [4.78, 5) is 37.4. The van der Waals surface area contributed by atoms with Gasteiger partial charge in [-0.2, -0.15) is 4.98 Å². The maximum Gasteiger partial charge on any atom is 0.439 e. The number of halogens is 1. The number of H-pyrrole nitrogens is 1. The van der Waals surface area contributed by atoms with E-state index in [4.69, 9.17) is 14.0 Å². The lowest BCUT2D eigenvalue weighted by Crippen LogP contribution is -2.30. The number of nitrogens with zero attached hydrogens (tertiary/aromatic N) is 5.